The van der Waals surface area contributed by atoms with Crippen molar-refractivity contribution < 1.29 is 9.53 Å². The van der Waals surface area contributed by atoms with E-state index in [1.807, 2.05) is 31.6 Å². The number of amides is 1. The summed E-state index contributed by atoms with van der Waals surface area (Å²) in [5, 5.41) is 4.27. The fourth-order valence-electron chi connectivity index (χ4n) is 2.40. The molecule has 1 atom stereocenters. The highest BCUT2D eigenvalue weighted by Crippen LogP contribution is 2.23. The third-order valence-electron chi connectivity index (χ3n) is 3.34. The maximum atomic E-state index is 12.1. The number of ether oxygens (including phenoxy) is 1. The minimum atomic E-state index is -0.445. The van der Waals surface area contributed by atoms with Gasteiger partial charge in [0.15, 0.2) is 0 Å². The number of carbonyl (C=O) groups is 1. The topological polar surface area (TPSA) is 73.4 Å². The lowest BCUT2D eigenvalue weighted by Gasteiger charge is -2.26. The molecule has 1 aliphatic heterocycles. The number of likely N-dealkylation sites (tertiary alicyclic amines) is 1. The Kier molecular flexibility index (Phi) is 4.20. The van der Waals surface area contributed by atoms with Gasteiger partial charge in [-0.15, -0.1) is 0 Å². The summed E-state index contributed by atoms with van der Waals surface area (Å²) in [4.78, 5) is 13.9. The van der Waals surface area contributed by atoms with E-state index in [-0.39, 0.29) is 6.09 Å². The van der Waals surface area contributed by atoms with E-state index in [1.165, 1.54) is 0 Å². The second-order valence-electron chi connectivity index (χ2n) is 6.31. The van der Waals surface area contributed by atoms with Crippen molar-refractivity contribution in [1.29, 1.82) is 0 Å². The minimum absolute atomic E-state index is 0.224. The van der Waals surface area contributed by atoms with Gasteiger partial charge in [0, 0.05) is 19.3 Å². The Balaban J connectivity index is 1.94. The number of carbonyl (C=O) groups excluding carboxylic acids is 1. The predicted octanol–water partition coefficient (Wildman–Crippen LogP) is 2.43. The molecule has 1 saturated heterocycles. The van der Waals surface area contributed by atoms with E-state index >= 15 is 0 Å². The van der Waals surface area contributed by atoms with E-state index in [0.717, 1.165) is 25.8 Å². The highest BCUT2D eigenvalue weighted by Gasteiger charge is 2.25. The lowest BCUT2D eigenvalue weighted by atomic mass is 10.1. The summed E-state index contributed by atoms with van der Waals surface area (Å²) in [7, 11) is 0. The zero-order valence-corrected chi connectivity index (χ0v) is 12.5. The average molecular weight is 280 g/mol. The third kappa shape index (κ3) is 3.88. The molecule has 1 aromatic rings. The van der Waals surface area contributed by atoms with E-state index in [1.54, 1.807) is 11.1 Å². The van der Waals surface area contributed by atoms with Crippen LogP contribution in [0.25, 0.3) is 0 Å². The van der Waals surface area contributed by atoms with Gasteiger partial charge in [0.2, 0.25) is 0 Å². The Hall–Kier alpha value is -1.72. The number of nitrogens with zero attached hydrogens (tertiary/aromatic N) is 3. The van der Waals surface area contributed by atoms with Gasteiger partial charge in [-0.3, -0.25) is 4.68 Å². The van der Waals surface area contributed by atoms with Crippen molar-refractivity contribution in [1.82, 2.24) is 14.7 Å². The zero-order chi connectivity index (χ0) is 14.8. The lowest BCUT2D eigenvalue weighted by Crippen LogP contribution is -2.37. The van der Waals surface area contributed by atoms with Gasteiger partial charge in [-0.2, -0.15) is 5.10 Å². The van der Waals surface area contributed by atoms with Crippen LogP contribution in [-0.4, -0.2) is 39.5 Å². The molecule has 1 amide bonds. The number of nitrogens with two attached hydrogens (primary N) is 1. The van der Waals surface area contributed by atoms with Crippen LogP contribution < -0.4 is 5.73 Å². The molecule has 2 heterocycles. The van der Waals surface area contributed by atoms with E-state index < -0.39 is 5.60 Å². The fourth-order valence-corrected chi connectivity index (χ4v) is 2.40. The summed E-state index contributed by atoms with van der Waals surface area (Å²) in [6, 6.07) is 0.305. The summed E-state index contributed by atoms with van der Waals surface area (Å²) < 4.78 is 7.33. The normalized spacial score (nSPS) is 20.6. The number of nitrogen functional groups attached to an aromatic ring is 1. The number of hydrogen-bond acceptors (Lipinski definition) is 4. The van der Waals surface area contributed by atoms with Gasteiger partial charge in [0.1, 0.15) is 5.60 Å². The van der Waals surface area contributed by atoms with Gasteiger partial charge in [-0.25, -0.2) is 4.79 Å². The van der Waals surface area contributed by atoms with Crippen molar-refractivity contribution in [3.8, 4) is 0 Å². The molecule has 6 heteroatoms. The van der Waals surface area contributed by atoms with Gasteiger partial charge < -0.3 is 15.4 Å². The van der Waals surface area contributed by atoms with Crippen molar-refractivity contribution >= 4 is 11.8 Å². The number of rotatable bonds is 1. The molecule has 0 spiro atoms. The molecular formula is C14H24N4O2. The SMILES string of the molecule is CC(C)(C)OC(=O)N1CCC[C@@H](n2cc(N)cn2)CC1. The molecule has 0 aromatic carbocycles. The van der Waals surface area contributed by atoms with Crippen LogP contribution in [0, 0.1) is 0 Å². The molecule has 0 aliphatic carbocycles. The Morgan fingerprint density at radius 2 is 2.15 bits per heavy atom. The molecule has 1 fully saturated rings. The fraction of sp³-hybridized carbons (Fsp3) is 0.714. The number of anilines is 1. The first-order chi connectivity index (χ1) is 9.35. The molecule has 0 bridgehead atoms. The monoisotopic (exact) mass is 280 g/mol. The Labute approximate surface area is 119 Å². The summed E-state index contributed by atoms with van der Waals surface area (Å²) in [5.41, 5.74) is 5.94. The van der Waals surface area contributed by atoms with Crippen LogP contribution in [0.2, 0.25) is 0 Å². The summed E-state index contributed by atoms with van der Waals surface area (Å²) >= 11 is 0. The van der Waals surface area contributed by atoms with Crippen LogP contribution in [0.3, 0.4) is 0 Å². The zero-order valence-electron chi connectivity index (χ0n) is 12.5. The molecule has 6 nitrogen and oxygen atoms in total. The van der Waals surface area contributed by atoms with Crippen LogP contribution in [0.5, 0.6) is 0 Å². The van der Waals surface area contributed by atoms with Crippen LogP contribution in [0.15, 0.2) is 12.4 Å². The maximum Gasteiger partial charge on any atom is 0.410 e. The molecule has 2 rings (SSSR count). The van der Waals surface area contributed by atoms with Crippen LogP contribution >= 0.6 is 0 Å². The van der Waals surface area contributed by atoms with Gasteiger partial charge >= 0.3 is 6.09 Å². The van der Waals surface area contributed by atoms with E-state index in [2.05, 4.69) is 5.10 Å². The first kappa shape index (κ1) is 14.7. The molecule has 0 saturated carbocycles. The van der Waals surface area contributed by atoms with Crippen LogP contribution in [0.4, 0.5) is 10.5 Å². The van der Waals surface area contributed by atoms with Crippen molar-refractivity contribution in [3.63, 3.8) is 0 Å². The third-order valence-corrected chi connectivity index (χ3v) is 3.34. The van der Waals surface area contributed by atoms with Gasteiger partial charge in [-0.1, -0.05) is 0 Å². The number of hydrogen-bond donors (Lipinski definition) is 1. The molecule has 1 aliphatic rings. The van der Waals surface area contributed by atoms with Gasteiger partial charge in [0.25, 0.3) is 0 Å². The first-order valence-corrected chi connectivity index (χ1v) is 7.13. The molecule has 0 unspecified atom stereocenters. The van der Waals surface area contributed by atoms with Crippen molar-refractivity contribution in [2.24, 2.45) is 0 Å². The van der Waals surface area contributed by atoms with E-state index in [0.29, 0.717) is 18.3 Å². The molecule has 0 radical (unpaired) electrons. The molecule has 112 valence electrons. The highest BCUT2D eigenvalue weighted by atomic mass is 16.6. The molecule has 1 aromatic heterocycles. The second-order valence-corrected chi connectivity index (χ2v) is 6.31. The highest BCUT2D eigenvalue weighted by molar-refractivity contribution is 5.68. The molecule has 2 N–H and O–H groups in total. The van der Waals surface area contributed by atoms with E-state index in [4.69, 9.17) is 10.5 Å². The standard InChI is InChI=1S/C14H24N4O2/c1-14(2,3)20-13(19)17-7-4-5-12(6-8-17)18-10-11(15)9-16-18/h9-10,12H,4-8,15H2,1-3H3/t12-/m1/s1. The largest absolute Gasteiger partial charge is 0.444 e. The van der Waals surface area contributed by atoms with Crippen molar-refractivity contribution in [2.75, 3.05) is 18.8 Å². The lowest BCUT2D eigenvalue weighted by molar-refractivity contribution is 0.0255. The Bertz CT molecular complexity index is 464. The Morgan fingerprint density at radius 3 is 2.75 bits per heavy atom. The minimum Gasteiger partial charge on any atom is -0.444 e. The average Bonchev–Trinajstić information content (AvgIpc) is 2.62. The van der Waals surface area contributed by atoms with Crippen molar-refractivity contribution in [3.05, 3.63) is 12.4 Å². The van der Waals surface area contributed by atoms with Gasteiger partial charge in [0.05, 0.1) is 17.9 Å². The molecular weight excluding hydrogens is 256 g/mol. The van der Waals surface area contributed by atoms with E-state index in [9.17, 15) is 4.79 Å². The predicted molar refractivity (Wildman–Crippen MR) is 77.3 cm³/mol. The smallest absolute Gasteiger partial charge is 0.410 e. The maximum absolute atomic E-state index is 12.1. The van der Waals surface area contributed by atoms with Crippen LogP contribution in [0.1, 0.15) is 46.1 Å². The summed E-state index contributed by atoms with van der Waals surface area (Å²) in [5.74, 6) is 0. The quantitative estimate of drug-likeness (QED) is 0.857. The van der Waals surface area contributed by atoms with Crippen LogP contribution in [-0.2, 0) is 4.74 Å². The molecule has 20 heavy (non-hydrogen) atoms. The summed E-state index contributed by atoms with van der Waals surface area (Å²) in [6.07, 6.45) is 6.12. The Morgan fingerprint density at radius 1 is 1.40 bits per heavy atom. The number of aromatic nitrogens is 2. The van der Waals surface area contributed by atoms with Gasteiger partial charge in [-0.05, 0) is 40.0 Å². The first-order valence-electron chi connectivity index (χ1n) is 7.13. The summed E-state index contributed by atoms with van der Waals surface area (Å²) in [6.45, 7) is 7.09. The second kappa shape index (κ2) is 5.73. The van der Waals surface area contributed by atoms with Crippen molar-refractivity contribution in [2.45, 2.75) is 51.7 Å².